The Bertz CT molecular complexity index is 1240. The van der Waals surface area contributed by atoms with Gasteiger partial charge in [0.25, 0.3) is 11.7 Å². The van der Waals surface area contributed by atoms with Gasteiger partial charge < -0.3 is 15.0 Å². The summed E-state index contributed by atoms with van der Waals surface area (Å²) in [5.41, 5.74) is 2.98. The molecule has 6 nitrogen and oxygen atoms in total. The lowest BCUT2D eigenvalue weighted by atomic mass is 10.00. The van der Waals surface area contributed by atoms with Crippen molar-refractivity contribution in [3.05, 3.63) is 108 Å². The quantitative estimate of drug-likeness (QED) is 0.357. The number of Topliss-reactive ketones (excluding diaryl/α,β-unsaturated/α-hetero) is 1. The molecule has 0 radical (unpaired) electrons. The molecule has 0 unspecified atom stereocenters. The number of rotatable bonds is 6. The number of amides is 1. The highest BCUT2D eigenvalue weighted by molar-refractivity contribution is 6.41. The molecule has 0 saturated heterocycles. The van der Waals surface area contributed by atoms with Crippen molar-refractivity contribution >= 4 is 23.3 Å². The number of ketones is 1. The van der Waals surface area contributed by atoms with Gasteiger partial charge in [-0.15, -0.1) is 0 Å². The third kappa shape index (κ3) is 4.28. The van der Waals surface area contributed by atoms with Crippen LogP contribution >= 0.6 is 0 Å². The molecule has 3 aromatic carbocycles. The summed E-state index contributed by atoms with van der Waals surface area (Å²) in [7, 11) is 0. The van der Waals surface area contributed by atoms with Gasteiger partial charge in [-0.3, -0.25) is 9.59 Å². The molecule has 0 bridgehead atoms. The molecule has 4 aromatic rings. The SMILES string of the molecule is O=C(O)C(=O)c1ccc(-c2ccccc2)cc1NC(=O)c1ccc(-n2cccc2)cc1. The lowest BCUT2D eigenvalue weighted by Crippen LogP contribution is -2.18. The highest BCUT2D eigenvalue weighted by Gasteiger charge is 2.21. The summed E-state index contributed by atoms with van der Waals surface area (Å²) in [4.78, 5) is 36.2. The van der Waals surface area contributed by atoms with Crippen LogP contribution in [0.1, 0.15) is 20.7 Å². The summed E-state index contributed by atoms with van der Waals surface area (Å²) in [6.07, 6.45) is 3.79. The number of hydrogen-bond acceptors (Lipinski definition) is 3. The van der Waals surface area contributed by atoms with Gasteiger partial charge >= 0.3 is 5.97 Å². The number of carbonyl (C=O) groups excluding carboxylic acids is 2. The Morgan fingerprint density at radius 2 is 1.42 bits per heavy atom. The summed E-state index contributed by atoms with van der Waals surface area (Å²) >= 11 is 0. The predicted molar refractivity (Wildman–Crippen MR) is 118 cm³/mol. The number of aromatic nitrogens is 1. The average Bonchev–Trinajstić information content (AvgIpc) is 3.34. The van der Waals surface area contributed by atoms with Crippen LogP contribution in [0.3, 0.4) is 0 Å². The first kappa shape index (κ1) is 19.8. The topological polar surface area (TPSA) is 88.4 Å². The molecule has 0 fully saturated rings. The van der Waals surface area contributed by atoms with Crippen LogP contribution in [-0.4, -0.2) is 27.3 Å². The van der Waals surface area contributed by atoms with Crippen LogP contribution in [0.2, 0.25) is 0 Å². The lowest BCUT2D eigenvalue weighted by Gasteiger charge is -2.12. The third-order valence-electron chi connectivity index (χ3n) is 4.85. The van der Waals surface area contributed by atoms with E-state index in [1.807, 2.05) is 59.4 Å². The number of anilines is 1. The van der Waals surface area contributed by atoms with Crippen molar-refractivity contribution in [2.24, 2.45) is 0 Å². The predicted octanol–water partition coefficient (Wildman–Crippen LogP) is 4.66. The Labute approximate surface area is 178 Å². The van der Waals surface area contributed by atoms with Crippen LogP contribution in [0.15, 0.2) is 97.3 Å². The summed E-state index contributed by atoms with van der Waals surface area (Å²) in [6, 6.07) is 24.8. The van der Waals surface area contributed by atoms with Crippen molar-refractivity contribution in [1.82, 2.24) is 4.57 Å². The van der Waals surface area contributed by atoms with Gasteiger partial charge in [-0.05, 0) is 59.7 Å². The van der Waals surface area contributed by atoms with Crippen LogP contribution in [-0.2, 0) is 4.79 Å². The van der Waals surface area contributed by atoms with Crippen LogP contribution in [0, 0.1) is 0 Å². The summed E-state index contributed by atoms with van der Waals surface area (Å²) in [5, 5.41) is 11.9. The molecule has 4 rings (SSSR count). The van der Waals surface area contributed by atoms with Crippen molar-refractivity contribution in [1.29, 1.82) is 0 Å². The minimum absolute atomic E-state index is 0.0792. The van der Waals surface area contributed by atoms with E-state index in [2.05, 4.69) is 5.32 Å². The van der Waals surface area contributed by atoms with Gasteiger partial charge in [0.1, 0.15) is 0 Å². The minimum atomic E-state index is -1.58. The maximum Gasteiger partial charge on any atom is 0.377 e. The third-order valence-corrected chi connectivity index (χ3v) is 4.85. The standard InChI is InChI=1S/C25H18N2O4/c28-23(25(30)31)21-13-10-19(17-6-2-1-3-7-17)16-22(21)26-24(29)18-8-11-20(12-9-18)27-14-4-5-15-27/h1-16H,(H,26,29)(H,30,31). The van der Waals surface area contributed by atoms with Gasteiger partial charge in [0.05, 0.1) is 11.3 Å². The van der Waals surface area contributed by atoms with E-state index in [0.29, 0.717) is 5.56 Å². The van der Waals surface area contributed by atoms with E-state index >= 15 is 0 Å². The Morgan fingerprint density at radius 1 is 0.742 bits per heavy atom. The fourth-order valence-corrected chi connectivity index (χ4v) is 3.26. The molecule has 0 aliphatic rings. The molecule has 152 valence electrons. The number of aliphatic carboxylic acids is 1. The first-order chi connectivity index (χ1) is 15.0. The number of nitrogens with zero attached hydrogens (tertiary/aromatic N) is 1. The summed E-state index contributed by atoms with van der Waals surface area (Å²) < 4.78 is 1.91. The van der Waals surface area contributed by atoms with Crippen molar-refractivity contribution in [2.75, 3.05) is 5.32 Å². The maximum atomic E-state index is 12.8. The van der Waals surface area contributed by atoms with Gasteiger partial charge in [-0.25, -0.2) is 4.79 Å². The van der Waals surface area contributed by atoms with Crippen LogP contribution in [0.5, 0.6) is 0 Å². The number of carboxylic acids is 1. The van der Waals surface area contributed by atoms with E-state index in [1.165, 1.54) is 6.07 Å². The molecule has 0 aliphatic carbocycles. The molecule has 1 amide bonds. The first-order valence-electron chi connectivity index (χ1n) is 9.55. The van der Waals surface area contributed by atoms with Gasteiger partial charge in [0.2, 0.25) is 0 Å². The lowest BCUT2D eigenvalue weighted by molar-refractivity contribution is -0.131. The van der Waals surface area contributed by atoms with E-state index in [4.69, 9.17) is 5.11 Å². The second-order valence-electron chi connectivity index (χ2n) is 6.85. The zero-order chi connectivity index (χ0) is 21.8. The first-order valence-corrected chi connectivity index (χ1v) is 9.55. The highest BCUT2D eigenvalue weighted by Crippen LogP contribution is 2.27. The maximum absolute atomic E-state index is 12.8. The highest BCUT2D eigenvalue weighted by atomic mass is 16.4. The number of nitrogens with one attached hydrogen (secondary N) is 1. The fraction of sp³-hybridized carbons (Fsp3) is 0. The average molecular weight is 410 g/mol. The Hall–Kier alpha value is -4.45. The van der Waals surface area contributed by atoms with Crippen molar-refractivity contribution in [3.63, 3.8) is 0 Å². The molecular weight excluding hydrogens is 392 g/mol. The van der Waals surface area contributed by atoms with E-state index in [0.717, 1.165) is 16.8 Å². The summed E-state index contributed by atoms with van der Waals surface area (Å²) in [5.74, 6) is -3.11. The molecule has 31 heavy (non-hydrogen) atoms. The molecule has 0 aliphatic heterocycles. The summed E-state index contributed by atoms with van der Waals surface area (Å²) in [6.45, 7) is 0. The Morgan fingerprint density at radius 3 is 2.06 bits per heavy atom. The Balaban J connectivity index is 1.65. The van der Waals surface area contributed by atoms with Gasteiger partial charge in [-0.2, -0.15) is 0 Å². The largest absolute Gasteiger partial charge is 0.475 e. The minimum Gasteiger partial charge on any atom is -0.475 e. The van der Waals surface area contributed by atoms with Gasteiger partial charge in [0.15, 0.2) is 0 Å². The van der Waals surface area contributed by atoms with E-state index in [1.54, 1.807) is 36.4 Å². The molecule has 0 spiro atoms. The zero-order valence-electron chi connectivity index (χ0n) is 16.4. The molecule has 0 atom stereocenters. The number of carbonyl (C=O) groups is 3. The number of benzene rings is 3. The number of hydrogen-bond donors (Lipinski definition) is 2. The molecule has 6 heteroatoms. The molecular formula is C25H18N2O4. The van der Waals surface area contributed by atoms with Gasteiger partial charge in [-0.1, -0.05) is 36.4 Å². The van der Waals surface area contributed by atoms with Crippen LogP contribution in [0.25, 0.3) is 16.8 Å². The smallest absolute Gasteiger partial charge is 0.377 e. The molecule has 2 N–H and O–H groups in total. The van der Waals surface area contributed by atoms with Crippen molar-refractivity contribution < 1.29 is 19.5 Å². The van der Waals surface area contributed by atoms with Crippen LogP contribution < -0.4 is 5.32 Å². The van der Waals surface area contributed by atoms with E-state index in [9.17, 15) is 14.4 Å². The van der Waals surface area contributed by atoms with Crippen LogP contribution in [0.4, 0.5) is 5.69 Å². The monoisotopic (exact) mass is 410 g/mol. The van der Waals surface area contributed by atoms with E-state index in [-0.39, 0.29) is 11.3 Å². The van der Waals surface area contributed by atoms with Gasteiger partial charge in [0, 0.05) is 23.6 Å². The normalized spacial score (nSPS) is 10.5. The molecule has 1 heterocycles. The van der Waals surface area contributed by atoms with E-state index < -0.39 is 17.7 Å². The number of carboxylic acid groups (broad SMARTS) is 1. The second kappa shape index (κ2) is 8.51. The fourth-order valence-electron chi connectivity index (χ4n) is 3.26. The van der Waals surface area contributed by atoms with Crippen molar-refractivity contribution in [2.45, 2.75) is 0 Å². The Kier molecular flexibility index (Phi) is 5.45. The molecule has 1 aromatic heterocycles. The van der Waals surface area contributed by atoms with Crippen molar-refractivity contribution in [3.8, 4) is 16.8 Å². The molecule has 0 saturated carbocycles. The zero-order valence-corrected chi connectivity index (χ0v) is 16.4. The second-order valence-corrected chi connectivity index (χ2v) is 6.85.